The van der Waals surface area contributed by atoms with Crippen molar-refractivity contribution >= 4 is 61.6 Å². The SMILES string of the molecule is CCCCCOc1ccc(C2/C(=C(/O)c3ccc(Br)cc3)C(=O)C(=O)N2c2nnc(SCc3ccc(F)cc3)s2)cc1OC. The number of carbonyl (C=O) groups is 2. The summed E-state index contributed by atoms with van der Waals surface area (Å²) in [6.45, 7) is 2.64. The molecule has 0 saturated carbocycles. The summed E-state index contributed by atoms with van der Waals surface area (Å²) in [4.78, 5) is 28.4. The maximum absolute atomic E-state index is 13.6. The lowest BCUT2D eigenvalue weighted by Gasteiger charge is -2.23. The number of ether oxygens (including phenoxy) is 2. The Labute approximate surface area is 271 Å². The van der Waals surface area contributed by atoms with Crippen LogP contribution in [-0.2, 0) is 15.3 Å². The average Bonchev–Trinajstić information content (AvgIpc) is 3.60. The number of halogens is 2. The lowest BCUT2D eigenvalue weighted by Crippen LogP contribution is -2.29. The molecule has 0 spiro atoms. The van der Waals surface area contributed by atoms with Crippen molar-refractivity contribution in [2.45, 2.75) is 42.3 Å². The van der Waals surface area contributed by atoms with Crippen LogP contribution in [0, 0.1) is 5.82 Å². The molecule has 1 fully saturated rings. The van der Waals surface area contributed by atoms with Gasteiger partial charge in [-0.1, -0.05) is 89.1 Å². The number of hydrogen-bond donors (Lipinski definition) is 1. The third-order valence-electron chi connectivity index (χ3n) is 6.95. The number of ketones is 1. The van der Waals surface area contributed by atoms with Gasteiger partial charge in [0.05, 0.1) is 25.3 Å². The fourth-order valence-electron chi connectivity index (χ4n) is 4.70. The van der Waals surface area contributed by atoms with Crippen LogP contribution in [0.4, 0.5) is 9.52 Å². The van der Waals surface area contributed by atoms with E-state index in [-0.39, 0.29) is 22.3 Å². The topological polar surface area (TPSA) is 102 Å². The van der Waals surface area contributed by atoms with Crippen molar-refractivity contribution in [3.05, 3.63) is 99.3 Å². The molecule has 0 radical (unpaired) electrons. The number of aliphatic hydroxyl groups excluding tert-OH is 1. The van der Waals surface area contributed by atoms with Crippen molar-refractivity contribution in [3.8, 4) is 11.5 Å². The van der Waals surface area contributed by atoms with Gasteiger partial charge < -0.3 is 14.6 Å². The van der Waals surface area contributed by atoms with E-state index in [0.29, 0.717) is 39.3 Å². The van der Waals surface area contributed by atoms with E-state index in [1.165, 1.54) is 35.9 Å². The average molecular weight is 699 g/mol. The number of rotatable bonds is 12. The van der Waals surface area contributed by atoms with Crippen molar-refractivity contribution in [2.24, 2.45) is 0 Å². The van der Waals surface area contributed by atoms with Crippen LogP contribution in [0.5, 0.6) is 11.5 Å². The number of unbranched alkanes of at least 4 members (excludes halogenated alkanes) is 2. The Hall–Kier alpha value is -3.74. The molecule has 3 aromatic carbocycles. The number of benzene rings is 3. The fourth-order valence-corrected chi connectivity index (χ4v) is 6.79. The first-order valence-corrected chi connectivity index (χ1v) is 16.5. The summed E-state index contributed by atoms with van der Waals surface area (Å²) in [7, 11) is 1.52. The predicted octanol–water partition coefficient (Wildman–Crippen LogP) is 7.94. The maximum atomic E-state index is 13.6. The molecule has 1 saturated heterocycles. The van der Waals surface area contributed by atoms with Crippen molar-refractivity contribution in [1.82, 2.24) is 10.2 Å². The molecule has 1 aliphatic heterocycles. The summed E-state index contributed by atoms with van der Waals surface area (Å²) < 4.78 is 26.2. The number of nitrogens with zero attached hydrogens (tertiary/aromatic N) is 3. The van der Waals surface area contributed by atoms with Crippen LogP contribution in [0.25, 0.3) is 5.76 Å². The van der Waals surface area contributed by atoms with Gasteiger partial charge in [0.1, 0.15) is 11.6 Å². The van der Waals surface area contributed by atoms with Crippen molar-refractivity contribution < 1.29 is 28.6 Å². The van der Waals surface area contributed by atoms with Crippen LogP contribution in [0.2, 0.25) is 0 Å². The normalized spacial score (nSPS) is 16.0. The van der Waals surface area contributed by atoms with Crippen LogP contribution < -0.4 is 14.4 Å². The van der Waals surface area contributed by atoms with E-state index in [0.717, 1.165) is 40.6 Å². The zero-order valence-electron chi connectivity index (χ0n) is 24.0. The highest BCUT2D eigenvalue weighted by molar-refractivity contribution is 9.10. The smallest absolute Gasteiger partial charge is 0.301 e. The van der Waals surface area contributed by atoms with Gasteiger partial charge in [-0.3, -0.25) is 14.5 Å². The van der Waals surface area contributed by atoms with Gasteiger partial charge in [0.2, 0.25) is 5.13 Å². The first-order chi connectivity index (χ1) is 21.3. The number of aliphatic hydroxyl groups is 1. The molecule has 8 nitrogen and oxygen atoms in total. The summed E-state index contributed by atoms with van der Waals surface area (Å²) in [5.74, 6) is -0.823. The van der Waals surface area contributed by atoms with E-state index in [1.807, 2.05) is 0 Å². The van der Waals surface area contributed by atoms with E-state index >= 15 is 0 Å². The Morgan fingerprint density at radius 2 is 1.80 bits per heavy atom. The highest BCUT2D eigenvalue weighted by Gasteiger charge is 2.48. The van der Waals surface area contributed by atoms with Gasteiger partial charge in [-0.15, -0.1) is 10.2 Å². The minimum absolute atomic E-state index is 0.0771. The van der Waals surface area contributed by atoms with Gasteiger partial charge in [0.25, 0.3) is 5.78 Å². The zero-order chi connectivity index (χ0) is 31.2. The maximum Gasteiger partial charge on any atom is 0.301 e. The Kier molecular flexibility index (Phi) is 10.3. The van der Waals surface area contributed by atoms with Crippen LogP contribution in [-0.4, -0.2) is 40.7 Å². The highest BCUT2D eigenvalue weighted by Crippen LogP contribution is 2.45. The van der Waals surface area contributed by atoms with Gasteiger partial charge in [-0.2, -0.15) is 0 Å². The molecular weight excluding hydrogens is 669 g/mol. The van der Waals surface area contributed by atoms with Gasteiger partial charge in [0.15, 0.2) is 15.8 Å². The molecule has 1 N–H and O–H groups in total. The van der Waals surface area contributed by atoms with Crippen LogP contribution in [0.3, 0.4) is 0 Å². The number of Topliss-reactive ketones (excluding diaryl/α,β-unsaturated/α-hetero) is 1. The second-order valence-electron chi connectivity index (χ2n) is 9.91. The molecule has 12 heteroatoms. The molecule has 0 bridgehead atoms. The van der Waals surface area contributed by atoms with Gasteiger partial charge >= 0.3 is 5.91 Å². The fraction of sp³-hybridized carbons (Fsp3) is 0.250. The van der Waals surface area contributed by atoms with Crippen LogP contribution in [0.1, 0.15) is 48.9 Å². The first-order valence-electron chi connectivity index (χ1n) is 13.9. The molecule has 1 aromatic heterocycles. The lowest BCUT2D eigenvalue weighted by molar-refractivity contribution is -0.132. The third-order valence-corrected chi connectivity index (χ3v) is 9.60. The zero-order valence-corrected chi connectivity index (χ0v) is 27.2. The quantitative estimate of drug-likeness (QED) is 0.0398. The lowest BCUT2D eigenvalue weighted by atomic mass is 9.95. The molecule has 4 aromatic rings. The Morgan fingerprint density at radius 3 is 2.50 bits per heavy atom. The molecule has 1 unspecified atom stereocenters. The van der Waals surface area contributed by atoms with Crippen LogP contribution >= 0.6 is 39.0 Å². The van der Waals surface area contributed by atoms with Crippen molar-refractivity contribution in [3.63, 3.8) is 0 Å². The predicted molar refractivity (Wildman–Crippen MR) is 173 cm³/mol. The Bertz CT molecular complexity index is 1680. The van der Waals surface area contributed by atoms with E-state index in [2.05, 4.69) is 33.1 Å². The minimum Gasteiger partial charge on any atom is -0.507 e. The minimum atomic E-state index is -1.01. The second-order valence-corrected chi connectivity index (χ2v) is 13.0. The van der Waals surface area contributed by atoms with E-state index < -0.39 is 17.7 Å². The number of methoxy groups -OCH3 is 1. The summed E-state index contributed by atoms with van der Waals surface area (Å²) in [5, 5.41) is 20.1. The van der Waals surface area contributed by atoms with E-state index in [9.17, 15) is 19.1 Å². The number of anilines is 1. The number of aromatic nitrogens is 2. The van der Waals surface area contributed by atoms with Gasteiger partial charge in [-0.25, -0.2) is 4.39 Å². The second kappa shape index (κ2) is 14.4. The molecule has 228 valence electrons. The molecule has 44 heavy (non-hydrogen) atoms. The highest BCUT2D eigenvalue weighted by atomic mass is 79.9. The number of hydrogen-bond acceptors (Lipinski definition) is 9. The summed E-state index contributed by atoms with van der Waals surface area (Å²) in [6, 6.07) is 17.1. The van der Waals surface area contributed by atoms with E-state index in [4.69, 9.17) is 9.47 Å². The van der Waals surface area contributed by atoms with Crippen LogP contribution in [0.15, 0.2) is 81.1 Å². The Morgan fingerprint density at radius 1 is 1.05 bits per heavy atom. The largest absolute Gasteiger partial charge is 0.507 e. The van der Waals surface area contributed by atoms with Gasteiger partial charge in [0, 0.05) is 15.8 Å². The number of amides is 1. The van der Waals surface area contributed by atoms with Gasteiger partial charge in [-0.05, 0) is 53.9 Å². The molecule has 1 amide bonds. The molecule has 1 atom stereocenters. The standard InChI is InChI=1S/C32H29BrFN3O5S2/c1-3-4-5-16-42-24-15-10-21(17-25(24)41-2)27-26(28(38)20-8-11-22(33)12-9-20)29(39)30(40)37(27)31-35-36-32(44-31)43-18-19-6-13-23(34)14-7-19/h6-15,17,27,38H,3-5,16,18H2,1-2H3/b28-26-. The molecule has 5 rings (SSSR count). The van der Waals surface area contributed by atoms with E-state index in [1.54, 1.807) is 54.6 Å². The summed E-state index contributed by atoms with van der Waals surface area (Å²) in [5.41, 5.74) is 1.72. The molecule has 2 heterocycles. The van der Waals surface area contributed by atoms with Crippen molar-refractivity contribution in [2.75, 3.05) is 18.6 Å². The number of thioether (sulfide) groups is 1. The summed E-state index contributed by atoms with van der Waals surface area (Å²) in [6.07, 6.45) is 3.00. The molecular formula is C32H29BrFN3O5S2. The first kappa shape index (κ1) is 31.7. The molecule has 0 aliphatic carbocycles. The molecule has 1 aliphatic rings. The Balaban J connectivity index is 1.53. The van der Waals surface area contributed by atoms with Crippen molar-refractivity contribution in [1.29, 1.82) is 0 Å². The number of carbonyl (C=O) groups excluding carboxylic acids is 2. The summed E-state index contributed by atoms with van der Waals surface area (Å²) >= 11 is 5.91. The third kappa shape index (κ3) is 6.98. The monoisotopic (exact) mass is 697 g/mol.